The molecule has 0 amide bonds. The minimum absolute atomic E-state index is 0.0241. The van der Waals surface area contributed by atoms with Crippen molar-refractivity contribution in [3.8, 4) is 5.75 Å². The van der Waals surface area contributed by atoms with Crippen molar-refractivity contribution in [1.29, 1.82) is 0 Å². The van der Waals surface area contributed by atoms with E-state index in [-0.39, 0.29) is 4.90 Å². The Morgan fingerprint density at radius 3 is 2.10 bits per heavy atom. The van der Waals surface area contributed by atoms with Crippen LogP contribution in [0.4, 0.5) is 0 Å². The number of thioether (sulfide) groups is 3. The lowest BCUT2D eigenvalue weighted by Gasteiger charge is -2.10. The van der Waals surface area contributed by atoms with Crippen LogP contribution in [0, 0.1) is 13.8 Å². The van der Waals surface area contributed by atoms with Crippen molar-refractivity contribution in [2.24, 2.45) is 0 Å². The first-order valence-corrected chi connectivity index (χ1v) is 14.3. The SMILES string of the molecule is C=Cc1ccc(OCCSCCSCCSc2cc(C)c(S(=O)(=O)O)c(C)c2)cc1. The molecule has 1 N–H and O–H groups in total. The number of hydrogen-bond donors (Lipinski definition) is 1. The van der Waals surface area contributed by atoms with Gasteiger partial charge in [-0.2, -0.15) is 31.9 Å². The first-order valence-electron chi connectivity index (χ1n) is 9.53. The molecule has 0 aromatic heterocycles. The van der Waals surface area contributed by atoms with Gasteiger partial charge in [-0.3, -0.25) is 4.55 Å². The van der Waals surface area contributed by atoms with E-state index >= 15 is 0 Å². The summed E-state index contributed by atoms with van der Waals surface area (Å²) in [5, 5.41) is 0. The Labute approximate surface area is 193 Å². The van der Waals surface area contributed by atoms with E-state index in [1.165, 1.54) is 0 Å². The Hall–Kier alpha value is -1.06. The van der Waals surface area contributed by atoms with Crippen LogP contribution in [0.2, 0.25) is 0 Å². The van der Waals surface area contributed by atoms with Crippen LogP contribution in [0.1, 0.15) is 16.7 Å². The van der Waals surface area contributed by atoms with Crippen LogP contribution in [0.3, 0.4) is 0 Å². The number of rotatable bonds is 13. The van der Waals surface area contributed by atoms with Crippen molar-refractivity contribution in [2.45, 2.75) is 23.6 Å². The van der Waals surface area contributed by atoms with Gasteiger partial charge in [-0.1, -0.05) is 24.8 Å². The van der Waals surface area contributed by atoms with Gasteiger partial charge in [0.2, 0.25) is 0 Å². The molecule has 0 fully saturated rings. The fourth-order valence-electron chi connectivity index (χ4n) is 2.86. The van der Waals surface area contributed by atoms with Gasteiger partial charge >= 0.3 is 0 Å². The van der Waals surface area contributed by atoms with Crippen LogP contribution in [0.15, 0.2) is 52.8 Å². The van der Waals surface area contributed by atoms with E-state index in [9.17, 15) is 13.0 Å². The zero-order valence-corrected chi connectivity index (χ0v) is 20.6. The third kappa shape index (κ3) is 8.59. The maximum Gasteiger partial charge on any atom is 0.295 e. The fraction of sp³-hybridized carbons (Fsp3) is 0.364. The molecule has 0 radical (unpaired) electrons. The number of ether oxygens (including phenoxy) is 1. The summed E-state index contributed by atoms with van der Waals surface area (Å²) in [5.74, 6) is 6.05. The molecular weight excluding hydrogens is 457 g/mol. The molecule has 0 bridgehead atoms. The molecule has 0 aliphatic rings. The number of hydrogen-bond acceptors (Lipinski definition) is 6. The van der Waals surface area contributed by atoms with Crippen LogP contribution in [-0.2, 0) is 10.1 Å². The van der Waals surface area contributed by atoms with Gasteiger partial charge in [0.05, 0.1) is 11.5 Å². The molecule has 0 aliphatic carbocycles. The molecule has 0 saturated heterocycles. The summed E-state index contributed by atoms with van der Waals surface area (Å²) < 4.78 is 37.9. The van der Waals surface area contributed by atoms with Gasteiger partial charge in [0, 0.05) is 33.7 Å². The molecule has 0 unspecified atom stereocenters. The third-order valence-corrected chi connectivity index (χ3v) is 8.76. The highest BCUT2D eigenvalue weighted by atomic mass is 32.2. The van der Waals surface area contributed by atoms with E-state index in [2.05, 4.69) is 6.58 Å². The van der Waals surface area contributed by atoms with E-state index in [0.29, 0.717) is 17.7 Å². The molecule has 30 heavy (non-hydrogen) atoms. The fourth-order valence-corrected chi connectivity index (χ4v) is 6.90. The first-order chi connectivity index (χ1) is 14.3. The number of benzene rings is 2. The lowest BCUT2D eigenvalue weighted by Crippen LogP contribution is -2.04. The molecule has 4 nitrogen and oxygen atoms in total. The molecule has 0 saturated carbocycles. The lowest BCUT2D eigenvalue weighted by atomic mass is 10.1. The van der Waals surface area contributed by atoms with Crippen LogP contribution < -0.4 is 4.74 Å². The predicted octanol–water partition coefficient (Wildman–Crippen LogP) is 5.83. The summed E-state index contributed by atoms with van der Waals surface area (Å²) in [6.45, 7) is 7.87. The maximum absolute atomic E-state index is 11.4. The van der Waals surface area contributed by atoms with Crippen LogP contribution in [-0.4, -0.2) is 48.3 Å². The minimum atomic E-state index is -4.17. The first kappa shape index (κ1) is 25.2. The van der Waals surface area contributed by atoms with Crippen LogP contribution >= 0.6 is 35.3 Å². The van der Waals surface area contributed by atoms with Crippen molar-refractivity contribution in [3.63, 3.8) is 0 Å². The van der Waals surface area contributed by atoms with Crippen molar-refractivity contribution >= 4 is 51.5 Å². The van der Waals surface area contributed by atoms with E-state index < -0.39 is 10.1 Å². The Bertz CT molecular complexity index is 902. The maximum atomic E-state index is 11.4. The van der Waals surface area contributed by atoms with Gasteiger partial charge in [-0.05, 0) is 54.8 Å². The Morgan fingerprint density at radius 1 is 0.967 bits per heavy atom. The van der Waals surface area contributed by atoms with Crippen LogP contribution in [0.5, 0.6) is 5.75 Å². The second-order valence-corrected chi connectivity index (χ2v) is 11.5. The molecular formula is C22H28O4S4. The van der Waals surface area contributed by atoms with Gasteiger partial charge in [0.1, 0.15) is 5.75 Å². The normalized spacial score (nSPS) is 11.4. The summed E-state index contributed by atoms with van der Waals surface area (Å²) in [5.41, 5.74) is 2.26. The second-order valence-electron chi connectivity index (χ2n) is 6.56. The molecule has 2 aromatic rings. The third-order valence-electron chi connectivity index (χ3n) is 4.17. The molecule has 0 heterocycles. The highest BCUT2D eigenvalue weighted by Gasteiger charge is 2.17. The van der Waals surface area contributed by atoms with Gasteiger partial charge < -0.3 is 4.74 Å². The monoisotopic (exact) mass is 484 g/mol. The molecule has 8 heteroatoms. The Morgan fingerprint density at radius 2 is 1.53 bits per heavy atom. The van der Waals surface area contributed by atoms with Gasteiger partial charge in [0.15, 0.2) is 0 Å². The predicted molar refractivity (Wildman–Crippen MR) is 133 cm³/mol. The summed E-state index contributed by atoms with van der Waals surface area (Å²) in [6.07, 6.45) is 1.82. The Balaban J connectivity index is 1.55. The summed E-state index contributed by atoms with van der Waals surface area (Å²) in [6, 6.07) is 11.6. The second kappa shape index (κ2) is 12.7. The number of aryl methyl sites for hydroxylation is 2. The minimum Gasteiger partial charge on any atom is -0.493 e. The van der Waals surface area contributed by atoms with Gasteiger partial charge in [-0.25, -0.2) is 0 Å². The zero-order valence-electron chi connectivity index (χ0n) is 17.3. The Kier molecular flexibility index (Phi) is 10.7. The lowest BCUT2D eigenvalue weighted by molar-refractivity contribution is 0.344. The summed E-state index contributed by atoms with van der Waals surface area (Å²) in [7, 11) is -4.17. The standard InChI is InChI=1S/C22H28O4S4/c1-4-19-5-7-20(8-6-19)26-9-10-27-11-12-28-13-14-29-21-15-17(2)22(18(3)16-21)30(23,24)25/h4-8,15-16H,1,9-14H2,2-3H3,(H,23,24,25). The average molecular weight is 485 g/mol. The van der Waals surface area contributed by atoms with E-state index in [1.807, 2.05) is 66.0 Å². The van der Waals surface area contributed by atoms with Crippen molar-refractivity contribution in [2.75, 3.05) is 35.4 Å². The molecule has 0 aliphatic heterocycles. The van der Waals surface area contributed by atoms with E-state index in [0.717, 1.165) is 45.0 Å². The molecule has 0 atom stereocenters. The highest BCUT2D eigenvalue weighted by Crippen LogP contribution is 2.28. The van der Waals surface area contributed by atoms with E-state index in [4.69, 9.17) is 4.74 Å². The van der Waals surface area contributed by atoms with Crippen molar-refractivity contribution in [1.82, 2.24) is 0 Å². The van der Waals surface area contributed by atoms with Crippen molar-refractivity contribution < 1.29 is 17.7 Å². The quantitative estimate of drug-likeness (QED) is 0.218. The molecule has 164 valence electrons. The van der Waals surface area contributed by atoms with Gasteiger partial charge in [0.25, 0.3) is 10.1 Å². The smallest absolute Gasteiger partial charge is 0.295 e. The van der Waals surface area contributed by atoms with Crippen LogP contribution in [0.25, 0.3) is 6.08 Å². The largest absolute Gasteiger partial charge is 0.493 e. The molecule has 2 rings (SSSR count). The average Bonchev–Trinajstić information content (AvgIpc) is 2.68. The zero-order chi connectivity index (χ0) is 22.0. The molecule has 0 spiro atoms. The topological polar surface area (TPSA) is 63.6 Å². The van der Waals surface area contributed by atoms with E-state index in [1.54, 1.807) is 25.6 Å². The summed E-state index contributed by atoms with van der Waals surface area (Å²) >= 11 is 5.52. The summed E-state index contributed by atoms with van der Waals surface area (Å²) in [4.78, 5) is 1.06. The van der Waals surface area contributed by atoms with Gasteiger partial charge in [-0.15, -0.1) is 11.8 Å². The molecule has 2 aromatic carbocycles. The highest BCUT2D eigenvalue weighted by molar-refractivity contribution is 8.04. The van der Waals surface area contributed by atoms with Crippen molar-refractivity contribution in [3.05, 3.63) is 59.7 Å².